The van der Waals surface area contributed by atoms with E-state index in [1.54, 1.807) is 26.1 Å². The number of amides is 1. The molecule has 0 saturated heterocycles. The number of benzene rings is 1. The van der Waals surface area contributed by atoms with Crippen LogP contribution in [-0.4, -0.2) is 45.4 Å². The second-order valence-electron chi connectivity index (χ2n) is 5.72. The molecule has 1 aromatic rings. The zero-order valence-corrected chi connectivity index (χ0v) is 16.7. The molecule has 1 aromatic carbocycles. The highest BCUT2D eigenvalue weighted by Gasteiger charge is 2.17. The van der Waals surface area contributed by atoms with Crippen LogP contribution in [-0.2, 0) is 20.6 Å². The van der Waals surface area contributed by atoms with Gasteiger partial charge in [-0.05, 0) is 60.8 Å². The molecular formula is C17H24BrNO7. The number of hydrogen-bond acceptors (Lipinski definition) is 7. The normalized spacial score (nSPS) is 14.1. The number of halogens is 1. The van der Waals surface area contributed by atoms with E-state index < -0.39 is 37.5 Å². The zero-order chi connectivity index (χ0) is 23.3. The van der Waals surface area contributed by atoms with Gasteiger partial charge in [0.05, 0.1) is 18.7 Å². The molecule has 1 amide bonds. The third-order valence-corrected chi connectivity index (χ3v) is 3.21. The fourth-order valence-electron chi connectivity index (χ4n) is 1.55. The molecule has 0 saturated carbocycles. The van der Waals surface area contributed by atoms with Crippen LogP contribution in [0.15, 0.2) is 16.6 Å². The van der Waals surface area contributed by atoms with Gasteiger partial charge in [0.25, 0.3) is 0 Å². The molecule has 0 heterocycles. The van der Waals surface area contributed by atoms with E-state index in [1.165, 1.54) is 26.4 Å². The molecular weight excluding hydrogens is 410 g/mol. The Kier molecular flexibility index (Phi) is 6.23. The predicted molar refractivity (Wildman–Crippen MR) is 97.6 cm³/mol. The van der Waals surface area contributed by atoms with Gasteiger partial charge in [0.1, 0.15) is 17.1 Å². The molecule has 8 nitrogen and oxygen atoms in total. The Morgan fingerprint density at radius 3 is 2.38 bits per heavy atom. The molecule has 0 bridgehead atoms. The minimum absolute atomic E-state index is 0.0278. The molecule has 1 N–H and O–H groups in total. The Morgan fingerprint density at radius 1 is 1.15 bits per heavy atom. The van der Waals surface area contributed by atoms with Gasteiger partial charge in [0.15, 0.2) is 0 Å². The molecule has 0 aromatic heterocycles. The highest BCUT2D eigenvalue weighted by atomic mass is 79.9. The van der Waals surface area contributed by atoms with Crippen LogP contribution in [0.3, 0.4) is 0 Å². The van der Waals surface area contributed by atoms with Gasteiger partial charge < -0.3 is 29.0 Å². The van der Waals surface area contributed by atoms with Crippen molar-refractivity contribution in [1.82, 2.24) is 5.32 Å². The molecule has 0 aliphatic rings. The molecule has 0 unspecified atom stereocenters. The van der Waals surface area contributed by atoms with Crippen molar-refractivity contribution in [2.75, 3.05) is 27.5 Å². The Balaban J connectivity index is 2.90. The van der Waals surface area contributed by atoms with Crippen molar-refractivity contribution in [3.63, 3.8) is 0 Å². The first-order chi connectivity index (χ1) is 13.6. The third kappa shape index (κ3) is 7.81. The van der Waals surface area contributed by atoms with E-state index in [-0.39, 0.29) is 17.1 Å². The molecule has 0 aliphatic carbocycles. The smallest absolute Gasteiger partial charge is 0.496 e. The summed E-state index contributed by atoms with van der Waals surface area (Å²) in [5.41, 5.74) is -1.02. The van der Waals surface area contributed by atoms with Crippen LogP contribution >= 0.6 is 15.9 Å². The van der Waals surface area contributed by atoms with Gasteiger partial charge in [0, 0.05) is 12.0 Å². The molecule has 0 atom stereocenters. The first-order valence-electron chi connectivity index (χ1n) is 9.37. The highest BCUT2D eigenvalue weighted by Crippen LogP contribution is 2.32. The Hall–Kier alpha value is -2.16. The molecule has 0 fully saturated rings. The number of alkyl carbamates (subject to hydrolysis) is 1. The lowest BCUT2D eigenvalue weighted by Gasteiger charge is -2.18. The maximum absolute atomic E-state index is 11.9. The zero-order valence-electron chi connectivity index (χ0n) is 19.1. The minimum atomic E-state index is -2.94. The summed E-state index contributed by atoms with van der Waals surface area (Å²) in [5, 5.41) is 1.78. The van der Waals surface area contributed by atoms with Crippen LogP contribution in [0.25, 0.3) is 0 Å². The lowest BCUT2D eigenvalue weighted by atomic mass is 10.1. The number of carbonyl (C=O) groups is 2. The van der Waals surface area contributed by atoms with Gasteiger partial charge in [-0.3, -0.25) is 0 Å². The summed E-state index contributed by atoms with van der Waals surface area (Å²) in [6.07, 6.45) is -5.20. The van der Waals surface area contributed by atoms with Crippen LogP contribution in [0, 0.1) is 0 Å². The number of hydrogen-bond donors (Lipinski definition) is 1. The van der Waals surface area contributed by atoms with Gasteiger partial charge in [-0.1, -0.05) is 0 Å². The minimum Gasteiger partial charge on any atom is -0.496 e. The second kappa shape index (κ2) is 10.1. The van der Waals surface area contributed by atoms with Crippen LogP contribution in [0.5, 0.6) is 11.5 Å². The van der Waals surface area contributed by atoms with Gasteiger partial charge in [-0.2, -0.15) is 0 Å². The third-order valence-electron chi connectivity index (χ3n) is 2.59. The van der Waals surface area contributed by atoms with E-state index in [1.807, 2.05) is 0 Å². The summed E-state index contributed by atoms with van der Waals surface area (Å²) in [4.78, 5) is 23.3. The average Bonchev–Trinajstić information content (AvgIpc) is 2.58. The van der Waals surface area contributed by atoms with Crippen LogP contribution in [0.1, 0.15) is 31.8 Å². The molecule has 0 radical (unpaired) electrons. The fraction of sp³-hybridized carbons (Fsp3) is 0.529. The second-order valence-corrected chi connectivity index (χ2v) is 6.57. The lowest BCUT2D eigenvalue weighted by Crippen LogP contribution is -2.29. The number of aryl methyl sites for hydroxylation is 1. The number of nitrogens with one attached hydrogen (secondary N) is 1. The van der Waals surface area contributed by atoms with Crippen molar-refractivity contribution in [2.24, 2.45) is 0 Å². The van der Waals surface area contributed by atoms with E-state index in [0.717, 1.165) is 0 Å². The van der Waals surface area contributed by atoms with Crippen molar-refractivity contribution in [1.29, 1.82) is 0 Å². The van der Waals surface area contributed by atoms with Gasteiger partial charge >= 0.3 is 12.2 Å². The van der Waals surface area contributed by atoms with Gasteiger partial charge in [-0.25, -0.2) is 9.59 Å². The topological polar surface area (TPSA) is 92.3 Å². The SMILES string of the molecule is [2H]C([2H])(NC(=O)OCOC(=O)OC(C)(C)C)C([2H])([2H])c1cc(OC)c(Br)cc1OC. The van der Waals surface area contributed by atoms with Crippen molar-refractivity contribution in [2.45, 2.75) is 32.7 Å². The van der Waals surface area contributed by atoms with Crippen molar-refractivity contribution in [3.8, 4) is 11.5 Å². The summed E-state index contributed by atoms with van der Waals surface area (Å²) in [5.74, 6) is 0.263. The summed E-state index contributed by atoms with van der Waals surface area (Å²) in [6.45, 7) is 1.05. The van der Waals surface area contributed by atoms with Gasteiger partial charge in [0.2, 0.25) is 6.79 Å². The summed E-state index contributed by atoms with van der Waals surface area (Å²) in [7, 11) is 2.65. The van der Waals surface area contributed by atoms with E-state index in [2.05, 4.69) is 25.4 Å². The quantitative estimate of drug-likeness (QED) is 0.513. The van der Waals surface area contributed by atoms with Crippen LogP contribution in [0.4, 0.5) is 9.59 Å². The molecule has 0 spiro atoms. The molecule has 1 rings (SSSR count). The van der Waals surface area contributed by atoms with Gasteiger partial charge in [-0.15, -0.1) is 0 Å². The Labute approximate surface area is 166 Å². The molecule has 26 heavy (non-hydrogen) atoms. The van der Waals surface area contributed by atoms with Crippen molar-refractivity contribution in [3.05, 3.63) is 22.2 Å². The van der Waals surface area contributed by atoms with Crippen LogP contribution in [0.2, 0.25) is 0 Å². The maximum atomic E-state index is 11.9. The summed E-state index contributed by atoms with van der Waals surface area (Å²) >= 11 is 3.24. The van der Waals surface area contributed by atoms with E-state index in [0.29, 0.717) is 4.47 Å². The van der Waals surface area contributed by atoms with Crippen molar-refractivity contribution >= 4 is 28.2 Å². The standard InChI is InChI=1S/C17H24BrNO7/c1-17(2,3)26-16(21)25-10-24-15(20)19-7-6-11-8-14(23-5)12(18)9-13(11)22-4/h8-9H,6-7,10H2,1-5H3,(H,19,20)/i6D2,7D2. The maximum Gasteiger partial charge on any atom is 0.511 e. The average molecular weight is 438 g/mol. The number of ether oxygens (including phenoxy) is 5. The predicted octanol–water partition coefficient (Wildman–Crippen LogP) is 3.64. The molecule has 0 aliphatic heterocycles. The Bertz CT molecular complexity index is 784. The number of methoxy groups -OCH3 is 2. The fourth-order valence-corrected chi connectivity index (χ4v) is 2.04. The monoisotopic (exact) mass is 437 g/mol. The Morgan fingerprint density at radius 2 is 1.81 bits per heavy atom. The van der Waals surface area contributed by atoms with E-state index in [9.17, 15) is 9.59 Å². The first kappa shape index (κ1) is 16.0. The number of rotatable bonds is 7. The van der Waals surface area contributed by atoms with E-state index >= 15 is 0 Å². The number of carbonyl (C=O) groups excluding carboxylic acids is 2. The van der Waals surface area contributed by atoms with Crippen LogP contribution < -0.4 is 14.8 Å². The van der Waals surface area contributed by atoms with E-state index in [4.69, 9.17) is 19.7 Å². The summed E-state index contributed by atoms with van der Waals surface area (Å²) < 4.78 is 57.3. The first-order valence-corrected chi connectivity index (χ1v) is 8.16. The molecule has 146 valence electrons. The highest BCUT2D eigenvalue weighted by molar-refractivity contribution is 9.10. The van der Waals surface area contributed by atoms with Crippen molar-refractivity contribution < 1.29 is 38.8 Å². The largest absolute Gasteiger partial charge is 0.511 e. The molecule has 9 heteroatoms. The lowest BCUT2D eigenvalue weighted by molar-refractivity contribution is -0.0466. The summed E-state index contributed by atoms with van der Waals surface area (Å²) in [6, 6.07) is 2.66.